The predicted molar refractivity (Wildman–Crippen MR) is 274 cm³/mol. The van der Waals surface area contributed by atoms with Gasteiger partial charge in [0.2, 0.25) is 0 Å². The van der Waals surface area contributed by atoms with Crippen molar-refractivity contribution in [1.29, 1.82) is 0 Å². The van der Waals surface area contributed by atoms with Gasteiger partial charge in [0.05, 0.1) is 0 Å². The van der Waals surface area contributed by atoms with E-state index in [1.54, 1.807) is 0 Å². The fourth-order valence-corrected chi connectivity index (χ4v) is 12.0. The van der Waals surface area contributed by atoms with Crippen LogP contribution < -0.4 is 26.2 Å². The van der Waals surface area contributed by atoms with E-state index in [1.165, 1.54) is 122 Å². The number of hydrogen-bond donors (Lipinski definition) is 0. The highest BCUT2D eigenvalue weighted by atomic mass is 32.1. The van der Waals surface area contributed by atoms with E-state index < -0.39 is 0 Å². The first-order valence-electron chi connectivity index (χ1n) is 23.1. The van der Waals surface area contributed by atoms with Gasteiger partial charge >= 0.3 is 0 Å². The summed E-state index contributed by atoms with van der Waals surface area (Å²) >= 11 is 1.95. The minimum atomic E-state index is -0.0888. The molecule has 62 heavy (non-hydrogen) atoms. The molecule has 0 unspecified atom stereocenters. The average Bonchev–Trinajstić information content (AvgIpc) is 3.55. The van der Waals surface area contributed by atoms with Crippen molar-refractivity contribution in [3.63, 3.8) is 0 Å². The number of fused-ring (bicyclic) bond motifs is 8. The molecular formula is C58H65BN2S. The highest BCUT2D eigenvalue weighted by molar-refractivity contribution is 7.26. The van der Waals surface area contributed by atoms with Crippen LogP contribution in [0.15, 0.2) is 97.1 Å². The van der Waals surface area contributed by atoms with E-state index in [1.807, 2.05) is 11.3 Å². The van der Waals surface area contributed by atoms with Crippen LogP contribution in [-0.2, 0) is 27.1 Å². The summed E-state index contributed by atoms with van der Waals surface area (Å²) < 4.78 is 2.72. The van der Waals surface area contributed by atoms with Crippen molar-refractivity contribution in [2.75, 3.05) is 9.80 Å². The first kappa shape index (κ1) is 41.2. The number of anilines is 6. The first-order chi connectivity index (χ1) is 28.9. The van der Waals surface area contributed by atoms with Gasteiger partial charge in [0, 0.05) is 54.3 Å². The van der Waals surface area contributed by atoms with Gasteiger partial charge in [-0.25, -0.2) is 0 Å². The highest BCUT2D eigenvalue weighted by Crippen LogP contribution is 2.52. The summed E-state index contributed by atoms with van der Waals surface area (Å²) in [7, 11) is 0. The second-order valence-electron chi connectivity index (χ2n) is 23.5. The van der Waals surface area contributed by atoms with Crippen LogP contribution in [0, 0.1) is 13.8 Å². The van der Waals surface area contributed by atoms with E-state index in [0.717, 1.165) is 0 Å². The van der Waals surface area contributed by atoms with Crippen LogP contribution >= 0.6 is 11.3 Å². The van der Waals surface area contributed by atoms with Crippen LogP contribution in [0.2, 0.25) is 0 Å². The number of nitrogens with zero attached hydrogens (tertiary/aromatic N) is 2. The normalized spacial score (nSPS) is 16.7. The Bertz CT molecular complexity index is 3010. The summed E-state index contributed by atoms with van der Waals surface area (Å²) in [5.41, 5.74) is 21.8. The van der Waals surface area contributed by atoms with Crippen LogP contribution in [-0.4, -0.2) is 6.71 Å². The maximum atomic E-state index is 2.69. The highest BCUT2D eigenvalue weighted by Gasteiger charge is 2.47. The van der Waals surface area contributed by atoms with Gasteiger partial charge in [-0.15, -0.1) is 11.3 Å². The van der Waals surface area contributed by atoms with Crippen LogP contribution in [0.25, 0.3) is 20.2 Å². The molecule has 0 saturated heterocycles. The Morgan fingerprint density at radius 3 is 1.58 bits per heavy atom. The maximum absolute atomic E-state index is 2.69. The molecule has 0 fully saturated rings. The van der Waals surface area contributed by atoms with Crippen molar-refractivity contribution in [2.24, 2.45) is 0 Å². The molecule has 2 nitrogen and oxygen atoms in total. The van der Waals surface area contributed by atoms with Crippen molar-refractivity contribution < 1.29 is 0 Å². The lowest BCUT2D eigenvalue weighted by Crippen LogP contribution is -2.62. The lowest BCUT2D eigenvalue weighted by atomic mass is 9.33. The van der Waals surface area contributed by atoms with E-state index in [4.69, 9.17) is 0 Å². The zero-order valence-electron chi connectivity index (χ0n) is 40.0. The number of thiophene rings is 1. The molecule has 0 bridgehead atoms. The van der Waals surface area contributed by atoms with Gasteiger partial charge < -0.3 is 9.80 Å². The fraction of sp³-hybridized carbons (Fsp3) is 0.379. The molecule has 3 heterocycles. The molecule has 2 aliphatic heterocycles. The zero-order chi connectivity index (χ0) is 44.2. The van der Waals surface area contributed by atoms with Crippen molar-refractivity contribution in [3.05, 3.63) is 136 Å². The summed E-state index contributed by atoms with van der Waals surface area (Å²) in [6.07, 6.45) is 2.36. The smallest absolute Gasteiger partial charge is 0.252 e. The molecule has 1 aromatic heterocycles. The topological polar surface area (TPSA) is 6.48 Å². The van der Waals surface area contributed by atoms with Gasteiger partial charge in [0.1, 0.15) is 0 Å². The number of benzene rings is 6. The van der Waals surface area contributed by atoms with Crippen molar-refractivity contribution in [3.8, 4) is 0 Å². The summed E-state index contributed by atoms with van der Waals surface area (Å²) in [4.78, 5) is 5.34. The van der Waals surface area contributed by atoms with Gasteiger partial charge in [-0.2, -0.15) is 0 Å². The van der Waals surface area contributed by atoms with Crippen LogP contribution in [0.3, 0.4) is 0 Å². The van der Waals surface area contributed by atoms with Gasteiger partial charge in [0.25, 0.3) is 6.71 Å². The molecule has 10 rings (SSSR count). The van der Waals surface area contributed by atoms with Crippen LogP contribution in [0.4, 0.5) is 34.1 Å². The molecule has 0 N–H and O–H groups in total. The third-order valence-corrected chi connectivity index (χ3v) is 16.2. The number of hydrogen-bond acceptors (Lipinski definition) is 3. The Balaban J connectivity index is 1.38. The Morgan fingerprint density at radius 2 is 0.984 bits per heavy atom. The number of aryl methyl sites for hydroxylation is 2. The summed E-state index contributed by atoms with van der Waals surface area (Å²) in [6.45, 7) is 35.7. The average molecular weight is 833 g/mol. The molecule has 0 amide bonds. The molecule has 1 aliphatic carbocycles. The SMILES string of the molecule is Cc1cc(C(C)(C)C)ccc1N1c2cc3c(cc2B2c4cc5sc6ccc(C(C)(C)C)cc6c5cc4N(c4ccccc4C)c4cc(C(C)(C)C)cc1c42)C(C)(C)CCC3(C)C. The van der Waals surface area contributed by atoms with Gasteiger partial charge in [-0.05, 0) is 164 Å². The van der Waals surface area contributed by atoms with Crippen LogP contribution in [0.5, 0.6) is 0 Å². The maximum Gasteiger partial charge on any atom is 0.252 e. The van der Waals surface area contributed by atoms with E-state index >= 15 is 0 Å². The number of para-hydroxylation sites is 1. The predicted octanol–water partition coefficient (Wildman–Crippen LogP) is 15.0. The van der Waals surface area contributed by atoms with E-state index in [9.17, 15) is 0 Å². The minimum Gasteiger partial charge on any atom is -0.311 e. The van der Waals surface area contributed by atoms with Gasteiger partial charge in [-0.3, -0.25) is 0 Å². The van der Waals surface area contributed by atoms with E-state index in [-0.39, 0.29) is 33.8 Å². The Hall–Kier alpha value is -4.80. The molecule has 0 saturated carbocycles. The van der Waals surface area contributed by atoms with E-state index in [2.05, 4.69) is 211 Å². The van der Waals surface area contributed by atoms with Gasteiger partial charge in [0.15, 0.2) is 0 Å². The van der Waals surface area contributed by atoms with Crippen LogP contribution in [0.1, 0.15) is 142 Å². The summed E-state index contributed by atoms with van der Waals surface area (Å²) in [5.74, 6) is 0. The Labute approximate surface area is 376 Å². The monoisotopic (exact) mass is 832 g/mol. The third kappa shape index (κ3) is 6.24. The van der Waals surface area contributed by atoms with Crippen molar-refractivity contribution >= 4 is 88.7 Å². The molecule has 3 aliphatic rings. The lowest BCUT2D eigenvalue weighted by Gasteiger charge is -2.48. The first-order valence-corrected chi connectivity index (χ1v) is 23.9. The zero-order valence-corrected chi connectivity index (χ0v) is 40.8. The fourth-order valence-electron chi connectivity index (χ4n) is 10.9. The van der Waals surface area contributed by atoms with Gasteiger partial charge in [-0.1, -0.05) is 132 Å². The van der Waals surface area contributed by atoms with E-state index in [0.29, 0.717) is 0 Å². The molecule has 0 atom stereocenters. The second-order valence-corrected chi connectivity index (χ2v) is 24.6. The largest absolute Gasteiger partial charge is 0.311 e. The second kappa shape index (κ2) is 13.4. The molecule has 0 radical (unpaired) electrons. The molecular weight excluding hydrogens is 768 g/mol. The molecule has 7 aromatic rings. The lowest BCUT2D eigenvalue weighted by molar-refractivity contribution is 0.332. The quantitative estimate of drug-likeness (QED) is 0.160. The Morgan fingerprint density at radius 1 is 0.468 bits per heavy atom. The van der Waals surface area contributed by atoms with Crippen molar-refractivity contribution in [2.45, 2.75) is 144 Å². The molecule has 4 heteroatoms. The molecule has 6 aromatic carbocycles. The minimum absolute atomic E-state index is 0.0515. The molecule has 0 spiro atoms. The van der Waals surface area contributed by atoms with Crippen molar-refractivity contribution in [1.82, 2.24) is 0 Å². The molecule has 316 valence electrons. The standard InChI is InChI=1S/C58H65BN2S/c1-34-18-16-17-19-45(34)60-47-30-40-39-27-37(55(6,7)8)21-23-51(39)62-52(40)33-44(47)59-43-31-41-42(58(14,15)25-24-57(41,12)13)32-48(43)61(46-22-20-36(26-35(46)2)54(3,4)5)50-29-38(56(9,10)11)28-49(60)53(50)59/h16-23,26-33H,24-25H2,1-15H3. The Kier molecular flexibility index (Phi) is 8.89. The summed E-state index contributed by atoms with van der Waals surface area (Å²) in [6, 6.07) is 39.1. The third-order valence-electron chi connectivity index (χ3n) is 15.0. The number of rotatable bonds is 2. The summed E-state index contributed by atoms with van der Waals surface area (Å²) in [5, 5.41) is 2.71.